The molecule has 1 saturated carbocycles. The van der Waals surface area contributed by atoms with Crippen molar-refractivity contribution in [1.82, 2.24) is 4.90 Å². The van der Waals surface area contributed by atoms with Crippen LogP contribution in [0.25, 0.3) is 0 Å². The van der Waals surface area contributed by atoms with Crippen molar-refractivity contribution in [3.8, 4) is 0 Å². The highest BCUT2D eigenvalue weighted by atomic mass is 19.1. The summed E-state index contributed by atoms with van der Waals surface area (Å²) >= 11 is 0. The molecule has 0 bridgehead atoms. The zero-order chi connectivity index (χ0) is 14.3. The maximum atomic E-state index is 13.7. The van der Waals surface area contributed by atoms with E-state index in [-0.39, 0.29) is 17.7 Å². The van der Waals surface area contributed by atoms with Crippen molar-refractivity contribution >= 4 is 5.91 Å². The van der Waals surface area contributed by atoms with Gasteiger partial charge in [0.25, 0.3) is 0 Å². The van der Waals surface area contributed by atoms with E-state index in [9.17, 15) is 18.7 Å². The molecule has 20 heavy (non-hydrogen) atoms. The number of hydrogen-bond acceptors (Lipinski definition) is 2. The number of halogens is 2. The second-order valence-corrected chi connectivity index (χ2v) is 5.69. The van der Waals surface area contributed by atoms with Crippen molar-refractivity contribution < 1.29 is 18.7 Å². The number of likely N-dealkylation sites (tertiary alicyclic amines) is 1. The number of piperidine rings is 1. The molecule has 1 heterocycles. The lowest BCUT2D eigenvalue weighted by Crippen LogP contribution is -2.43. The summed E-state index contributed by atoms with van der Waals surface area (Å²) in [7, 11) is 0. The highest BCUT2D eigenvalue weighted by Gasteiger charge is 2.47. The number of aliphatic hydroxyl groups excluding tert-OH is 1. The summed E-state index contributed by atoms with van der Waals surface area (Å²) in [5.41, 5.74) is 0.419. The second kappa shape index (κ2) is 5.13. The molecule has 0 spiro atoms. The van der Waals surface area contributed by atoms with Gasteiger partial charge in [0.2, 0.25) is 5.91 Å². The van der Waals surface area contributed by atoms with Crippen molar-refractivity contribution in [3.05, 3.63) is 35.4 Å². The molecule has 3 rings (SSSR count). The van der Waals surface area contributed by atoms with Crippen LogP contribution in [0.15, 0.2) is 18.2 Å². The number of rotatable bonds is 2. The first-order valence-electron chi connectivity index (χ1n) is 6.98. The first kappa shape index (κ1) is 13.5. The lowest BCUT2D eigenvalue weighted by atomic mass is 10.1. The van der Waals surface area contributed by atoms with E-state index in [4.69, 9.17) is 0 Å². The van der Waals surface area contributed by atoms with Gasteiger partial charge in [0, 0.05) is 25.1 Å². The Kier molecular flexibility index (Phi) is 3.46. The second-order valence-electron chi connectivity index (χ2n) is 5.69. The van der Waals surface area contributed by atoms with Gasteiger partial charge in [-0.2, -0.15) is 0 Å². The molecule has 1 aromatic rings. The zero-order valence-corrected chi connectivity index (χ0v) is 11.1. The molecule has 2 aliphatic rings. The number of benzene rings is 1. The standard InChI is InChI=1S/C15H17F2NO2/c16-9-3-4-11(14(17)6-9)12-7-13(12)15(20)18-5-1-2-10(19)8-18/h3-4,6,10,12-13,19H,1-2,5,7-8H2. The Labute approximate surface area is 116 Å². The summed E-state index contributed by atoms with van der Waals surface area (Å²) < 4.78 is 26.6. The van der Waals surface area contributed by atoms with E-state index in [0.717, 1.165) is 18.9 Å². The van der Waals surface area contributed by atoms with Gasteiger partial charge in [-0.1, -0.05) is 6.07 Å². The molecule has 3 nitrogen and oxygen atoms in total. The SMILES string of the molecule is O=C(C1CC1c1ccc(F)cc1F)N1CCCC(O)C1. The molecule has 108 valence electrons. The number of hydrogen-bond donors (Lipinski definition) is 1. The summed E-state index contributed by atoms with van der Waals surface area (Å²) in [6.07, 6.45) is 1.68. The third-order valence-electron chi connectivity index (χ3n) is 4.18. The van der Waals surface area contributed by atoms with Crippen LogP contribution in [0.4, 0.5) is 8.78 Å². The van der Waals surface area contributed by atoms with Crippen LogP contribution >= 0.6 is 0 Å². The van der Waals surface area contributed by atoms with Crippen molar-refractivity contribution in [2.75, 3.05) is 13.1 Å². The van der Waals surface area contributed by atoms with Crippen LogP contribution < -0.4 is 0 Å². The maximum Gasteiger partial charge on any atom is 0.226 e. The molecule has 1 aliphatic heterocycles. The van der Waals surface area contributed by atoms with E-state index in [1.54, 1.807) is 4.90 Å². The maximum absolute atomic E-state index is 13.7. The molecule has 1 amide bonds. The minimum absolute atomic E-state index is 0.0162. The fourth-order valence-electron chi connectivity index (χ4n) is 3.00. The monoisotopic (exact) mass is 281 g/mol. The number of amides is 1. The molecule has 3 unspecified atom stereocenters. The Morgan fingerprint density at radius 1 is 1.35 bits per heavy atom. The summed E-state index contributed by atoms with van der Waals surface area (Å²) in [6, 6.07) is 3.51. The van der Waals surface area contributed by atoms with Gasteiger partial charge in [-0.25, -0.2) is 8.78 Å². The van der Waals surface area contributed by atoms with E-state index in [1.807, 2.05) is 0 Å². The fraction of sp³-hybridized carbons (Fsp3) is 0.533. The quantitative estimate of drug-likeness (QED) is 0.901. The fourth-order valence-corrected chi connectivity index (χ4v) is 3.00. The lowest BCUT2D eigenvalue weighted by molar-refractivity contribution is -0.135. The Hall–Kier alpha value is -1.49. The Morgan fingerprint density at radius 3 is 2.85 bits per heavy atom. The Balaban J connectivity index is 1.67. The van der Waals surface area contributed by atoms with E-state index in [1.165, 1.54) is 12.1 Å². The van der Waals surface area contributed by atoms with Gasteiger partial charge in [0.1, 0.15) is 11.6 Å². The van der Waals surface area contributed by atoms with Gasteiger partial charge >= 0.3 is 0 Å². The molecular formula is C15H17F2NO2. The average Bonchev–Trinajstić information content (AvgIpc) is 3.18. The lowest BCUT2D eigenvalue weighted by Gasteiger charge is -2.30. The summed E-state index contributed by atoms with van der Waals surface area (Å²) in [5, 5.41) is 9.59. The van der Waals surface area contributed by atoms with Crippen molar-refractivity contribution in [1.29, 1.82) is 0 Å². The molecule has 1 N–H and O–H groups in total. The van der Waals surface area contributed by atoms with E-state index < -0.39 is 17.7 Å². The third-order valence-corrected chi connectivity index (χ3v) is 4.18. The average molecular weight is 281 g/mol. The molecular weight excluding hydrogens is 264 g/mol. The molecule has 3 atom stereocenters. The minimum atomic E-state index is -0.603. The van der Waals surface area contributed by atoms with Gasteiger partial charge in [-0.05, 0) is 36.8 Å². The van der Waals surface area contributed by atoms with Crippen molar-refractivity contribution in [3.63, 3.8) is 0 Å². The van der Waals surface area contributed by atoms with Crippen LogP contribution in [-0.4, -0.2) is 35.1 Å². The Morgan fingerprint density at radius 2 is 2.15 bits per heavy atom. The molecule has 2 fully saturated rings. The number of nitrogens with zero attached hydrogens (tertiary/aromatic N) is 1. The van der Waals surface area contributed by atoms with Gasteiger partial charge in [0.15, 0.2) is 0 Å². The van der Waals surface area contributed by atoms with Crippen LogP contribution in [0.2, 0.25) is 0 Å². The highest BCUT2D eigenvalue weighted by molar-refractivity contribution is 5.83. The highest BCUT2D eigenvalue weighted by Crippen LogP contribution is 2.49. The number of aliphatic hydroxyl groups is 1. The smallest absolute Gasteiger partial charge is 0.226 e. The molecule has 1 saturated heterocycles. The topological polar surface area (TPSA) is 40.5 Å². The summed E-state index contributed by atoms with van der Waals surface area (Å²) in [5.74, 6) is -1.57. The van der Waals surface area contributed by atoms with Crippen molar-refractivity contribution in [2.45, 2.75) is 31.3 Å². The number of carbonyl (C=O) groups excluding carboxylic acids is 1. The molecule has 0 aromatic heterocycles. The largest absolute Gasteiger partial charge is 0.391 e. The number of carbonyl (C=O) groups is 1. The minimum Gasteiger partial charge on any atom is -0.391 e. The van der Waals surface area contributed by atoms with E-state index >= 15 is 0 Å². The molecule has 0 radical (unpaired) electrons. The van der Waals surface area contributed by atoms with E-state index in [0.29, 0.717) is 25.1 Å². The van der Waals surface area contributed by atoms with Crippen LogP contribution in [0.5, 0.6) is 0 Å². The van der Waals surface area contributed by atoms with E-state index in [2.05, 4.69) is 0 Å². The van der Waals surface area contributed by atoms with Crippen LogP contribution in [-0.2, 0) is 4.79 Å². The van der Waals surface area contributed by atoms with Crippen LogP contribution in [0.1, 0.15) is 30.7 Å². The van der Waals surface area contributed by atoms with Gasteiger partial charge in [0.05, 0.1) is 6.10 Å². The molecule has 5 heteroatoms. The first-order chi connectivity index (χ1) is 9.56. The zero-order valence-electron chi connectivity index (χ0n) is 11.1. The summed E-state index contributed by atoms with van der Waals surface area (Å²) in [4.78, 5) is 14.0. The predicted molar refractivity (Wildman–Crippen MR) is 69.0 cm³/mol. The number of β-amino-alcohol motifs (C(OH)–C–C–N with tert-alkyl or cyclic N) is 1. The Bertz CT molecular complexity index is 535. The van der Waals surface area contributed by atoms with Crippen LogP contribution in [0, 0.1) is 17.6 Å². The van der Waals surface area contributed by atoms with Crippen LogP contribution in [0.3, 0.4) is 0 Å². The molecule has 1 aromatic carbocycles. The van der Waals surface area contributed by atoms with Gasteiger partial charge in [-0.15, -0.1) is 0 Å². The van der Waals surface area contributed by atoms with Gasteiger partial charge in [-0.3, -0.25) is 4.79 Å². The van der Waals surface area contributed by atoms with Gasteiger partial charge < -0.3 is 10.0 Å². The summed E-state index contributed by atoms with van der Waals surface area (Å²) in [6.45, 7) is 1.03. The normalized spacial score (nSPS) is 29.4. The van der Waals surface area contributed by atoms with Crippen molar-refractivity contribution in [2.24, 2.45) is 5.92 Å². The predicted octanol–water partition coefficient (Wildman–Crippen LogP) is 2.05. The third kappa shape index (κ3) is 2.54. The first-order valence-corrected chi connectivity index (χ1v) is 6.98. The molecule has 1 aliphatic carbocycles.